The lowest BCUT2D eigenvalue weighted by Crippen LogP contribution is -2.17. The van der Waals surface area contributed by atoms with Gasteiger partial charge in [0.2, 0.25) is 5.95 Å². The van der Waals surface area contributed by atoms with Gasteiger partial charge in [-0.05, 0) is 12.1 Å². The zero-order valence-electron chi connectivity index (χ0n) is 11.6. The minimum Gasteiger partial charge on any atom is -0.382 e. The average Bonchev–Trinajstić information content (AvgIpc) is 2.48. The van der Waals surface area contributed by atoms with Gasteiger partial charge in [-0.2, -0.15) is 9.97 Å². The molecular weight excluding hydrogens is 266 g/mol. The highest BCUT2D eigenvalue weighted by molar-refractivity contribution is 5.81. The smallest absolute Gasteiger partial charge is 0.224 e. The van der Waals surface area contributed by atoms with Crippen LogP contribution in [0.25, 0.3) is 11.2 Å². The van der Waals surface area contributed by atoms with Crippen LogP contribution in [-0.2, 0) is 6.54 Å². The largest absolute Gasteiger partial charge is 0.382 e. The van der Waals surface area contributed by atoms with E-state index in [1.165, 1.54) is 0 Å². The van der Waals surface area contributed by atoms with Gasteiger partial charge in [0, 0.05) is 12.7 Å². The first-order valence-corrected chi connectivity index (χ1v) is 6.44. The summed E-state index contributed by atoms with van der Waals surface area (Å²) in [5.41, 5.74) is 14.1. The molecule has 106 valence electrons. The maximum atomic E-state index is 5.82. The molecule has 0 amide bonds. The number of nitrogen functional groups attached to an aromatic ring is 2. The third-order valence-electron chi connectivity index (χ3n) is 3.10. The molecule has 3 rings (SSSR count). The summed E-state index contributed by atoms with van der Waals surface area (Å²) in [6.45, 7) is 0.608. The van der Waals surface area contributed by atoms with Gasteiger partial charge in [-0.1, -0.05) is 18.2 Å². The normalized spacial score (nSPS) is 10.7. The Bertz CT molecular complexity index is 773. The molecule has 7 nitrogen and oxygen atoms in total. The van der Waals surface area contributed by atoms with E-state index >= 15 is 0 Å². The van der Waals surface area contributed by atoms with Crippen LogP contribution >= 0.6 is 0 Å². The molecule has 0 fully saturated rings. The molecule has 0 saturated carbocycles. The van der Waals surface area contributed by atoms with E-state index < -0.39 is 0 Å². The highest BCUT2D eigenvalue weighted by Crippen LogP contribution is 2.17. The van der Waals surface area contributed by atoms with Crippen molar-refractivity contribution >= 4 is 28.6 Å². The Morgan fingerprint density at radius 3 is 2.57 bits per heavy atom. The molecule has 0 aliphatic carbocycles. The van der Waals surface area contributed by atoms with E-state index in [9.17, 15) is 0 Å². The number of nitrogens with zero attached hydrogens (tertiary/aromatic N) is 5. The van der Waals surface area contributed by atoms with Crippen LogP contribution in [0.4, 0.5) is 17.5 Å². The summed E-state index contributed by atoms with van der Waals surface area (Å²) in [6.07, 6.45) is 1.67. The molecule has 4 N–H and O–H groups in total. The van der Waals surface area contributed by atoms with Crippen molar-refractivity contribution in [3.05, 3.63) is 42.2 Å². The third-order valence-corrected chi connectivity index (χ3v) is 3.10. The summed E-state index contributed by atoms with van der Waals surface area (Å²) in [5, 5.41) is 0. The molecule has 2 heterocycles. The Labute approximate surface area is 121 Å². The standard InChI is InChI=1S/C14H15N7/c1-21(10-5-3-2-4-6-10)8-9-7-17-13-11(18-9)12(15)19-14(16)20-13/h2-7H,8H2,1H3,(H4,15,16,17,19,20). The van der Waals surface area contributed by atoms with Crippen LogP contribution < -0.4 is 16.4 Å². The van der Waals surface area contributed by atoms with Crippen LogP contribution in [0.5, 0.6) is 0 Å². The second-order valence-electron chi connectivity index (χ2n) is 4.69. The fourth-order valence-electron chi connectivity index (χ4n) is 2.08. The summed E-state index contributed by atoms with van der Waals surface area (Å²) < 4.78 is 0. The number of aromatic nitrogens is 4. The lowest BCUT2D eigenvalue weighted by Gasteiger charge is -2.18. The maximum absolute atomic E-state index is 5.82. The van der Waals surface area contributed by atoms with Gasteiger partial charge >= 0.3 is 0 Å². The Kier molecular flexibility index (Phi) is 3.23. The Balaban J connectivity index is 1.91. The second kappa shape index (κ2) is 5.20. The van der Waals surface area contributed by atoms with Crippen LogP contribution in [0.3, 0.4) is 0 Å². The summed E-state index contributed by atoms with van der Waals surface area (Å²) in [6, 6.07) is 10.0. The van der Waals surface area contributed by atoms with Crippen LogP contribution in [0, 0.1) is 0 Å². The lowest BCUT2D eigenvalue weighted by molar-refractivity contribution is 0.882. The molecule has 0 atom stereocenters. The van der Waals surface area contributed by atoms with Gasteiger partial charge in [0.1, 0.15) is 0 Å². The van der Waals surface area contributed by atoms with Gasteiger partial charge in [0.05, 0.1) is 18.4 Å². The minimum atomic E-state index is 0.100. The Morgan fingerprint density at radius 2 is 1.81 bits per heavy atom. The summed E-state index contributed by atoms with van der Waals surface area (Å²) in [4.78, 5) is 18.7. The first-order valence-electron chi connectivity index (χ1n) is 6.44. The van der Waals surface area contributed by atoms with Crippen molar-refractivity contribution in [1.29, 1.82) is 0 Å². The predicted octanol–water partition coefficient (Wildman–Crippen LogP) is 1.22. The van der Waals surface area contributed by atoms with Crippen LogP contribution in [0.15, 0.2) is 36.5 Å². The fraction of sp³-hybridized carbons (Fsp3) is 0.143. The van der Waals surface area contributed by atoms with Crippen molar-refractivity contribution in [2.45, 2.75) is 6.54 Å². The van der Waals surface area contributed by atoms with E-state index in [1.54, 1.807) is 6.20 Å². The molecule has 0 spiro atoms. The SMILES string of the molecule is CN(Cc1cnc2nc(N)nc(N)c2n1)c1ccccc1. The van der Waals surface area contributed by atoms with E-state index in [0.717, 1.165) is 11.4 Å². The fourth-order valence-corrected chi connectivity index (χ4v) is 2.08. The number of anilines is 3. The summed E-state index contributed by atoms with van der Waals surface area (Å²) in [7, 11) is 1.99. The minimum absolute atomic E-state index is 0.100. The van der Waals surface area contributed by atoms with Crippen molar-refractivity contribution in [1.82, 2.24) is 19.9 Å². The first kappa shape index (κ1) is 13.0. The van der Waals surface area contributed by atoms with Crippen molar-refractivity contribution in [3.63, 3.8) is 0 Å². The number of rotatable bonds is 3. The van der Waals surface area contributed by atoms with Crippen molar-refractivity contribution in [2.24, 2.45) is 0 Å². The molecule has 0 aliphatic heterocycles. The zero-order valence-corrected chi connectivity index (χ0v) is 11.6. The summed E-state index contributed by atoms with van der Waals surface area (Å²) in [5.74, 6) is 0.345. The van der Waals surface area contributed by atoms with E-state index in [0.29, 0.717) is 17.7 Å². The number of para-hydroxylation sites is 1. The monoisotopic (exact) mass is 281 g/mol. The molecule has 0 aliphatic rings. The number of fused-ring (bicyclic) bond motifs is 1. The quantitative estimate of drug-likeness (QED) is 0.743. The van der Waals surface area contributed by atoms with Crippen LogP contribution in [0.2, 0.25) is 0 Å². The number of hydrogen-bond acceptors (Lipinski definition) is 7. The summed E-state index contributed by atoms with van der Waals surface area (Å²) >= 11 is 0. The van der Waals surface area contributed by atoms with Crippen molar-refractivity contribution < 1.29 is 0 Å². The van der Waals surface area contributed by atoms with Crippen molar-refractivity contribution in [3.8, 4) is 0 Å². The number of nitrogens with two attached hydrogens (primary N) is 2. The molecule has 2 aromatic heterocycles. The molecule has 0 unspecified atom stereocenters. The highest BCUT2D eigenvalue weighted by atomic mass is 15.1. The number of benzene rings is 1. The third kappa shape index (κ3) is 2.66. The molecule has 21 heavy (non-hydrogen) atoms. The second-order valence-corrected chi connectivity index (χ2v) is 4.69. The highest BCUT2D eigenvalue weighted by Gasteiger charge is 2.09. The molecule has 0 radical (unpaired) electrons. The van der Waals surface area contributed by atoms with Gasteiger partial charge in [0.15, 0.2) is 17.0 Å². The van der Waals surface area contributed by atoms with Gasteiger partial charge in [-0.25, -0.2) is 9.97 Å². The molecule has 0 saturated heterocycles. The van der Waals surface area contributed by atoms with Crippen LogP contribution in [0.1, 0.15) is 5.69 Å². The lowest BCUT2D eigenvalue weighted by atomic mass is 10.3. The Morgan fingerprint density at radius 1 is 1.05 bits per heavy atom. The van der Waals surface area contributed by atoms with Crippen molar-refractivity contribution in [2.75, 3.05) is 23.4 Å². The Hall–Kier alpha value is -2.96. The van der Waals surface area contributed by atoms with Gasteiger partial charge in [-0.3, -0.25) is 0 Å². The van der Waals surface area contributed by atoms with E-state index in [-0.39, 0.29) is 11.8 Å². The zero-order chi connectivity index (χ0) is 14.8. The maximum Gasteiger partial charge on any atom is 0.224 e. The van der Waals surface area contributed by atoms with E-state index in [4.69, 9.17) is 11.5 Å². The molecule has 0 bridgehead atoms. The average molecular weight is 281 g/mol. The van der Waals surface area contributed by atoms with Gasteiger partial charge < -0.3 is 16.4 Å². The molecular formula is C14H15N7. The predicted molar refractivity (Wildman–Crippen MR) is 82.5 cm³/mol. The van der Waals surface area contributed by atoms with Gasteiger partial charge in [-0.15, -0.1) is 0 Å². The molecule has 1 aromatic carbocycles. The van der Waals surface area contributed by atoms with Gasteiger partial charge in [0.25, 0.3) is 0 Å². The van der Waals surface area contributed by atoms with E-state index in [1.807, 2.05) is 37.4 Å². The topological polar surface area (TPSA) is 107 Å². The van der Waals surface area contributed by atoms with E-state index in [2.05, 4.69) is 24.8 Å². The molecule has 3 aromatic rings. The van der Waals surface area contributed by atoms with Crippen LogP contribution in [-0.4, -0.2) is 27.0 Å². The first-order chi connectivity index (χ1) is 10.1. The molecule has 7 heteroatoms. The number of hydrogen-bond donors (Lipinski definition) is 2.